The van der Waals surface area contributed by atoms with Crippen molar-refractivity contribution in [3.63, 3.8) is 0 Å². The molecule has 0 bridgehead atoms. The summed E-state index contributed by atoms with van der Waals surface area (Å²) in [5, 5.41) is 6.64. The number of hydrogen-bond donors (Lipinski definition) is 0. The first kappa shape index (κ1) is 32.9. The first-order valence-electron chi connectivity index (χ1n) is 12.5. The molecule has 0 N–H and O–H groups in total. The van der Waals surface area contributed by atoms with Crippen LogP contribution in [-0.2, 0) is 17.5 Å². The van der Waals surface area contributed by atoms with Crippen LogP contribution in [0.4, 0.5) is 44.3 Å². The largest absolute Gasteiger partial charge is 0.446 e. The summed E-state index contributed by atoms with van der Waals surface area (Å²) in [5.74, 6) is -3.69. The molecule has 1 fully saturated rings. The highest BCUT2D eigenvalue weighted by molar-refractivity contribution is 6.34. The summed E-state index contributed by atoms with van der Waals surface area (Å²) in [4.78, 5) is 26.8. The lowest BCUT2D eigenvalue weighted by atomic mass is 9.99. The lowest BCUT2D eigenvalue weighted by Crippen LogP contribution is -2.51. The van der Waals surface area contributed by atoms with E-state index < -0.39 is 66.0 Å². The van der Waals surface area contributed by atoms with Crippen molar-refractivity contribution in [2.75, 3.05) is 0 Å². The van der Waals surface area contributed by atoms with Crippen LogP contribution in [0.25, 0.3) is 16.9 Å². The molecule has 0 saturated heterocycles. The third-order valence-electron chi connectivity index (χ3n) is 6.28. The number of halogens is 10. The Balaban J connectivity index is 1.79. The summed E-state index contributed by atoms with van der Waals surface area (Å²) >= 11 is 6.23. The minimum atomic E-state index is -6.67. The van der Waals surface area contributed by atoms with Gasteiger partial charge in [-0.3, -0.25) is 4.79 Å². The van der Waals surface area contributed by atoms with Crippen LogP contribution in [0.2, 0.25) is 5.02 Å². The second-order valence-corrected chi connectivity index (χ2v) is 10.3. The molecular weight excluding hydrogens is 641 g/mol. The van der Waals surface area contributed by atoms with E-state index in [1.54, 1.807) is 13.8 Å². The third kappa shape index (κ3) is 6.03. The zero-order chi connectivity index (χ0) is 32.9. The van der Waals surface area contributed by atoms with Gasteiger partial charge < -0.3 is 9.47 Å². The molecule has 2 aromatic heterocycles. The Kier molecular flexibility index (Phi) is 8.62. The van der Waals surface area contributed by atoms with Crippen LogP contribution in [0.5, 0.6) is 5.75 Å². The highest BCUT2D eigenvalue weighted by atomic mass is 35.5. The van der Waals surface area contributed by atoms with Crippen LogP contribution in [0.3, 0.4) is 0 Å². The predicted molar refractivity (Wildman–Crippen MR) is 133 cm³/mol. The van der Waals surface area contributed by atoms with Gasteiger partial charge in [-0.25, -0.2) is 23.4 Å². The number of imide groups is 1. The molecule has 44 heavy (non-hydrogen) atoms. The minimum Gasteiger partial charge on any atom is -0.446 e. The molecule has 19 heteroatoms. The van der Waals surface area contributed by atoms with Crippen molar-refractivity contribution < 1.29 is 58.6 Å². The van der Waals surface area contributed by atoms with Gasteiger partial charge in [0.15, 0.2) is 17.3 Å². The molecule has 2 heterocycles. The molecule has 1 aliphatic carbocycles. The first-order valence-corrected chi connectivity index (χ1v) is 12.9. The van der Waals surface area contributed by atoms with Crippen LogP contribution >= 0.6 is 11.6 Å². The number of carbonyl (C=O) groups is 2. The predicted octanol–water partition coefficient (Wildman–Crippen LogP) is 6.97. The summed E-state index contributed by atoms with van der Waals surface area (Å²) in [7, 11) is 0.757. The number of nitrogens with zero attached hydrogens (tertiary/aromatic N) is 5. The Morgan fingerprint density at radius 3 is 2.18 bits per heavy atom. The summed E-state index contributed by atoms with van der Waals surface area (Å²) < 4.78 is 132. The van der Waals surface area contributed by atoms with Crippen LogP contribution in [0.1, 0.15) is 42.7 Å². The topological polar surface area (TPSA) is 91.5 Å². The molecule has 0 radical (unpaired) electrons. The number of benzene rings is 1. The van der Waals surface area contributed by atoms with Gasteiger partial charge in [0.2, 0.25) is 0 Å². The average molecular weight is 662 g/mol. The molecule has 1 saturated carbocycles. The fourth-order valence-electron chi connectivity index (χ4n) is 4.18. The summed E-state index contributed by atoms with van der Waals surface area (Å²) in [6.45, 7) is -0.817. The highest BCUT2D eigenvalue weighted by Crippen LogP contribution is 2.56. The molecule has 0 unspecified atom stereocenters. The van der Waals surface area contributed by atoms with Gasteiger partial charge in [-0.1, -0.05) is 17.7 Å². The number of aromatic nitrogens is 4. The normalized spacial score (nSPS) is 14.3. The van der Waals surface area contributed by atoms with E-state index in [4.69, 9.17) is 16.3 Å². The van der Waals surface area contributed by atoms with E-state index in [0.717, 1.165) is 24.3 Å². The van der Waals surface area contributed by atoms with E-state index in [-0.39, 0.29) is 26.4 Å². The quantitative estimate of drug-likeness (QED) is 0.242. The van der Waals surface area contributed by atoms with Crippen molar-refractivity contribution in [3.05, 3.63) is 46.9 Å². The van der Waals surface area contributed by atoms with E-state index >= 15 is 0 Å². The van der Waals surface area contributed by atoms with Crippen LogP contribution in [-0.4, -0.2) is 67.6 Å². The van der Waals surface area contributed by atoms with Gasteiger partial charge in [0, 0.05) is 24.8 Å². The zero-order valence-corrected chi connectivity index (χ0v) is 23.4. The average Bonchev–Trinajstić information content (AvgIpc) is 3.50. The Morgan fingerprint density at radius 2 is 1.66 bits per heavy atom. The summed E-state index contributed by atoms with van der Waals surface area (Å²) in [6, 6.07) is 3.44. The molecule has 0 atom stereocenters. The van der Waals surface area contributed by atoms with Crippen molar-refractivity contribution >= 4 is 23.6 Å². The fraction of sp³-hybridized carbons (Fsp3) is 0.440. The van der Waals surface area contributed by atoms with E-state index in [1.807, 2.05) is 0 Å². The lowest BCUT2D eigenvalue weighted by Gasteiger charge is -2.28. The minimum absolute atomic E-state index is 0.0438. The molecule has 4 rings (SSSR count). The number of alkyl halides is 9. The molecule has 1 aromatic carbocycles. The van der Waals surface area contributed by atoms with Crippen LogP contribution < -0.4 is 4.74 Å². The Labute approximate surface area is 247 Å². The van der Waals surface area contributed by atoms with Crippen molar-refractivity contribution in [3.8, 4) is 22.7 Å². The molecular formula is C25H21ClF9N5O4. The molecule has 9 nitrogen and oxygen atoms in total. The third-order valence-corrected chi connectivity index (χ3v) is 6.61. The van der Waals surface area contributed by atoms with Gasteiger partial charge in [0.25, 0.3) is 5.91 Å². The maximum absolute atomic E-state index is 14.9. The summed E-state index contributed by atoms with van der Waals surface area (Å²) in [5.41, 5.74) is -8.67. The second kappa shape index (κ2) is 11.5. The second-order valence-electron chi connectivity index (χ2n) is 9.86. The number of ether oxygens (including phenoxy) is 2. The molecule has 1 aliphatic rings. The molecule has 2 amide bonds. The smallest absolute Gasteiger partial charge is 0.437 e. The molecule has 3 aromatic rings. The number of hydrogen-bond acceptors (Lipinski definition) is 6. The number of aryl methyl sites for hydroxylation is 1. The Hall–Kier alpha value is -3.96. The monoisotopic (exact) mass is 661 g/mol. The number of rotatable bonds is 8. The standard InChI is InChI=1S/C25H21ClF9N5O4/c1-11(2)43-22(42)40(14-5-6-14)20(41)15-8-12(4-7-16(15)26)13-9-36-39(10-13)19-17(44-21(27)28)18(37-38(19)3)23(29,24(30,31)32)25(33,34)35/h4,7-11,14,21H,5-6H2,1-3H3. The van der Waals surface area contributed by atoms with E-state index in [2.05, 4.69) is 14.9 Å². The van der Waals surface area contributed by atoms with Gasteiger partial charge in [-0.05, 0) is 44.4 Å². The SMILES string of the molecule is CC(C)OC(=O)N(C(=O)c1cc(-c2cnn(-c3c(OC(F)F)c(C(F)(C(F)(F)F)C(F)(F)F)nn3C)c2)ccc1Cl)C1CC1. The van der Waals surface area contributed by atoms with Gasteiger partial charge in [0.1, 0.15) is 0 Å². The maximum Gasteiger partial charge on any atom is 0.437 e. The number of amides is 2. The van der Waals surface area contributed by atoms with E-state index in [1.165, 1.54) is 18.2 Å². The van der Waals surface area contributed by atoms with Crippen molar-refractivity contribution in [1.82, 2.24) is 24.5 Å². The van der Waals surface area contributed by atoms with E-state index in [9.17, 15) is 49.1 Å². The van der Waals surface area contributed by atoms with Gasteiger partial charge >= 0.3 is 30.7 Å². The molecule has 240 valence electrons. The van der Waals surface area contributed by atoms with E-state index in [0.29, 0.717) is 17.5 Å². The van der Waals surface area contributed by atoms with Crippen molar-refractivity contribution in [2.45, 2.75) is 63.5 Å². The van der Waals surface area contributed by atoms with Gasteiger partial charge in [-0.15, -0.1) is 0 Å². The maximum atomic E-state index is 14.9. The van der Waals surface area contributed by atoms with Crippen molar-refractivity contribution in [1.29, 1.82) is 0 Å². The Bertz CT molecular complexity index is 1550. The van der Waals surface area contributed by atoms with Crippen LogP contribution in [0, 0.1) is 0 Å². The highest BCUT2D eigenvalue weighted by Gasteiger charge is 2.76. The molecule has 0 aliphatic heterocycles. The van der Waals surface area contributed by atoms with Gasteiger partial charge in [-0.2, -0.15) is 45.3 Å². The first-order chi connectivity index (χ1) is 20.3. The fourth-order valence-corrected chi connectivity index (χ4v) is 4.37. The lowest BCUT2D eigenvalue weighted by molar-refractivity contribution is -0.350. The number of carbonyl (C=O) groups excluding carboxylic acids is 2. The summed E-state index contributed by atoms with van der Waals surface area (Å²) in [6.07, 6.45) is -11.7. The Morgan fingerprint density at radius 1 is 1.05 bits per heavy atom. The van der Waals surface area contributed by atoms with Crippen LogP contribution in [0.15, 0.2) is 30.6 Å². The molecule has 0 spiro atoms. The van der Waals surface area contributed by atoms with Gasteiger partial charge in [0.05, 0.1) is 22.9 Å². The zero-order valence-electron chi connectivity index (χ0n) is 22.7. The van der Waals surface area contributed by atoms with Crippen molar-refractivity contribution in [2.24, 2.45) is 7.05 Å².